The average Bonchev–Trinajstić information content (AvgIpc) is 2.55. The van der Waals surface area contributed by atoms with Crippen molar-refractivity contribution in [2.24, 2.45) is 0 Å². The molecular weight excluding hydrogens is 375 g/mol. The Morgan fingerprint density at radius 1 is 0.500 bits per heavy atom. The molecule has 0 atom stereocenters. The van der Waals surface area contributed by atoms with Crippen molar-refractivity contribution in [3.05, 3.63) is 89.5 Å². The van der Waals surface area contributed by atoms with Crippen LogP contribution in [-0.4, -0.2) is 6.66 Å². The smallest absolute Gasteiger partial charge is 0.110 e. The van der Waals surface area contributed by atoms with Crippen molar-refractivity contribution in [1.29, 1.82) is 0 Å². The van der Waals surface area contributed by atoms with Crippen LogP contribution in [0.2, 0.25) is 0 Å². The molecule has 0 radical (unpaired) electrons. The van der Waals surface area contributed by atoms with Crippen LogP contribution >= 0.6 is 7.26 Å². The van der Waals surface area contributed by atoms with Crippen molar-refractivity contribution in [3.63, 3.8) is 0 Å². The van der Waals surface area contributed by atoms with Gasteiger partial charge in [-0.1, -0.05) is 54.6 Å². The molecule has 3 aromatic carbocycles. The molecule has 0 nitrogen and oxygen atoms in total. The van der Waals surface area contributed by atoms with Crippen LogP contribution in [0, 0.1) is 20.8 Å². The summed E-state index contributed by atoms with van der Waals surface area (Å²) in [5, 5.41) is 4.47. The number of halogens is 1. The summed E-state index contributed by atoms with van der Waals surface area (Å²) in [6, 6.07) is 26.6. The number of aryl methyl sites for hydroxylation is 3. The molecule has 0 aliphatic heterocycles. The highest BCUT2D eigenvalue weighted by Gasteiger charge is 2.43. The van der Waals surface area contributed by atoms with E-state index in [0.717, 1.165) is 0 Å². The van der Waals surface area contributed by atoms with Gasteiger partial charge in [-0.25, -0.2) is 0 Å². The van der Waals surface area contributed by atoms with E-state index in [1.54, 1.807) is 0 Å². The minimum absolute atomic E-state index is 0. The maximum absolute atomic E-state index is 2.47. The molecule has 124 valence electrons. The highest BCUT2D eigenvalue weighted by atomic mass is 79.9. The van der Waals surface area contributed by atoms with E-state index in [1.807, 2.05) is 0 Å². The molecule has 0 unspecified atom stereocenters. The van der Waals surface area contributed by atoms with Crippen molar-refractivity contribution in [1.82, 2.24) is 0 Å². The molecule has 0 N–H and O–H groups in total. The SMILES string of the molecule is Cc1ccccc1[P+](C)(c1ccccc1C)c1ccccc1C.[Br-]. The lowest BCUT2D eigenvalue weighted by Gasteiger charge is -2.27. The molecule has 0 fully saturated rings. The van der Waals surface area contributed by atoms with Crippen LogP contribution in [0.4, 0.5) is 0 Å². The minimum Gasteiger partial charge on any atom is -1.00 e. The second kappa shape index (κ2) is 7.64. The Labute approximate surface area is 157 Å². The summed E-state index contributed by atoms with van der Waals surface area (Å²) in [5.41, 5.74) is 4.15. The summed E-state index contributed by atoms with van der Waals surface area (Å²) >= 11 is 0. The van der Waals surface area contributed by atoms with E-state index in [0.29, 0.717) is 0 Å². The number of hydrogen-bond donors (Lipinski definition) is 0. The molecule has 0 aliphatic carbocycles. The Kier molecular flexibility index (Phi) is 6.01. The summed E-state index contributed by atoms with van der Waals surface area (Å²) in [4.78, 5) is 0. The van der Waals surface area contributed by atoms with Gasteiger partial charge in [0.1, 0.15) is 23.2 Å². The molecule has 0 aliphatic rings. The van der Waals surface area contributed by atoms with Crippen molar-refractivity contribution < 1.29 is 17.0 Å². The Bertz CT molecular complexity index is 728. The summed E-state index contributed by atoms with van der Waals surface area (Å²) in [6.45, 7) is 9.19. The van der Waals surface area contributed by atoms with Crippen LogP contribution in [0.25, 0.3) is 0 Å². The maximum atomic E-state index is 2.47. The van der Waals surface area contributed by atoms with Gasteiger partial charge < -0.3 is 17.0 Å². The first kappa shape index (κ1) is 18.9. The first-order chi connectivity index (χ1) is 11.0. The Hall–Kier alpha value is -1.43. The van der Waals surface area contributed by atoms with Crippen LogP contribution < -0.4 is 32.9 Å². The Morgan fingerprint density at radius 2 is 0.750 bits per heavy atom. The van der Waals surface area contributed by atoms with Crippen molar-refractivity contribution >= 4 is 23.2 Å². The van der Waals surface area contributed by atoms with Gasteiger partial charge in [-0.15, -0.1) is 0 Å². The minimum atomic E-state index is -1.64. The fraction of sp³-hybridized carbons (Fsp3) is 0.182. The molecule has 3 rings (SSSR count). The predicted molar refractivity (Wildman–Crippen MR) is 105 cm³/mol. The fourth-order valence-corrected chi connectivity index (χ4v) is 7.86. The van der Waals surface area contributed by atoms with E-state index in [4.69, 9.17) is 0 Å². The Balaban J connectivity index is 0.00000208. The summed E-state index contributed by atoms with van der Waals surface area (Å²) < 4.78 is 0. The van der Waals surface area contributed by atoms with Gasteiger partial charge in [0.05, 0.1) is 6.66 Å². The van der Waals surface area contributed by atoms with Crippen molar-refractivity contribution in [2.75, 3.05) is 6.66 Å². The maximum Gasteiger partial charge on any atom is 0.110 e. The topological polar surface area (TPSA) is 0 Å². The molecule has 0 aromatic heterocycles. The molecule has 0 saturated heterocycles. The monoisotopic (exact) mass is 398 g/mol. The standard InChI is InChI=1S/C22H24P.BrH/c1-17-11-5-8-14-20(17)23(4,21-15-9-6-12-18(21)2)22-16-10-7-13-19(22)3;/h5-16H,1-4H3;1H/q+1;/p-1. The predicted octanol–water partition coefficient (Wildman–Crippen LogP) is 1.54. The van der Waals surface area contributed by atoms with Crippen molar-refractivity contribution in [2.45, 2.75) is 20.8 Å². The zero-order valence-electron chi connectivity index (χ0n) is 14.8. The third-order valence-corrected chi connectivity index (χ3v) is 9.19. The molecule has 0 spiro atoms. The second-order valence-corrected chi connectivity index (χ2v) is 9.82. The van der Waals surface area contributed by atoms with E-state index in [9.17, 15) is 0 Å². The van der Waals surface area contributed by atoms with E-state index >= 15 is 0 Å². The molecule has 0 saturated carbocycles. The van der Waals surface area contributed by atoms with E-state index in [1.165, 1.54) is 32.6 Å². The third-order valence-electron chi connectivity index (χ3n) is 4.79. The quantitative estimate of drug-likeness (QED) is 0.587. The molecule has 0 bridgehead atoms. The lowest BCUT2D eigenvalue weighted by molar-refractivity contribution is -0.00000476. The number of rotatable bonds is 3. The van der Waals surface area contributed by atoms with Gasteiger partial charge in [0, 0.05) is 0 Å². The highest BCUT2D eigenvalue weighted by molar-refractivity contribution is 7.95. The molecule has 2 heteroatoms. The molecular formula is C22H24BrP. The molecule has 3 aromatic rings. The van der Waals surface area contributed by atoms with Crippen LogP contribution in [0.15, 0.2) is 72.8 Å². The van der Waals surface area contributed by atoms with E-state index < -0.39 is 7.26 Å². The third kappa shape index (κ3) is 3.21. The molecule has 0 heterocycles. The van der Waals surface area contributed by atoms with E-state index in [-0.39, 0.29) is 17.0 Å². The molecule has 0 amide bonds. The molecule has 24 heavy (non-hydrogen) atoms. The average molecular weight is 399 g/mol. The number of hydrogen-bond acceptors (Lipinski definition) is 0. The van der Waals surface area contributed by atoms with Crippen molar-refractivity contribution in [3.8, 4) is 0 Å². The zero-order valence-corrected chi connectivity index (χ0v) is 17.2. The van der Waals surface area contributed by atoms with Crippen LogP contribution in [0.5, 0.6) is 0 Å². The fourth-order valence-electron chi connectivity index (χ4n) is 3.58. The van der Waals surface area contributed by atoms with Gasteiger partial charge in [0.25, 0.3) is 0 Å². The normalized spacial score (nSPS) is 11.0. The zero-order chi connectivity index (χ0) is 16.4. The van der Waals surface area contributed by atoms with Gasteiger partial charge in [-0.2, -0.15) is 0 Å². The van der Waals surface area contributed by atoms with Crippen LogP contribution in [0.1, 0.15) is 16.7 Å². The number of benzene rings is 3. The first-order valence-electron chi connectivity index (χ1n) is 8.10. The van der Waals surface area contributed by atoms with Crippen LogP contribution in [0.3, 0.4) is 0 Å². The van der Waals surface area contributed by atoms with Gasteiger partial charge >= 0.3 is 0 Å². The summed E-state index contributed by atoms with van der Waals surface area (Å²) in [6.07, 6.45) is 0. The lowest BCUT2D eigenvalue weighted by atomic mass is 10.2. The largest absolute Gasteiger partial charge is 1.00 e. The van der Waals surface area contributed by atoms with Crippen LogP contribution in [-0.2, 0) is 0 Å². The Morgan fingerprint density at radius 3 is 1.00 bits per heavy atom. The summed E-state index contributed by atoms with van der Waals surface area (Å²) in [7, 11) is -1.64. The lowest BCUT2D eigenvalue weighted by Crippen LogP contribution is -3.00. The highest BCUT2D eigenvalue weighted by Crippen LogP contribution is 2.53. The van der Waals surface area contributed by atoms with Gasteiger partial charge in [-0.3, -0.25) is 0 Å². The first-order valence-corrected chi connectivity index (χ1v) is 10.3. The van der Waals surface area contributed by atoms with Gasteiger partial charge in [0.2, 0.25) is 0 Å². The van der Waals surface area contributed by atoms with Gasteiger partial charge in [-0.05, 0) is 55.7 Å². The second-order valence-electron chi connectivity index (χ2n) is 6.37. The van der Waals surface area contributed by atoms with Gasteiger partial charge in [0.15, 0.2) is 0 Å². The van der Waals surface area contributed by atoms with E-state index in [2.05, 4.69) is 100 Å². The summed E-state index contributed by atoms with van der Waals surface area (Å²) in [5.74, 6) is 0.